The first-order chi connectivity index (χ1) is 8.69. The Morgan fingerprint density at radius 1 is 1.39 bits per heavy atom. The molecule has 0 radical (unpaired) electrons. The Morgan fingerprint density at radius 3 is 2.78 bits per heavy atom. The summed E-state index contributed by atoms with van der Waals surface area (Å²) in [7, 11) is 0. The third kappa shape index (κ3) is 2.32. The molecule has 1 heterocycles. The largest absolute Gasteiger partial charge is 0.492 e. The number of ether oxygens (including phenoxy) is 1. The number of halogens is 1. The molecule has 0 aliphatic carbocycles. The van der Waals surface area contributed by atoms with E-state index in [0.29, 0.717) is 18.5 Å². The smallest absolute Gasteiger partial charge is 0.147 e. The van der Waals surface area contributed by atoms with E-state index in [-0.39, 0.29) is 0 Å². The maximum atomic E-state index is 5.86. The number of hydrogen-bond acceptors (Lipinski definition) is 2. The number of alkyl halides is 1. The van der Waals surface area contributed by atoms with Gasteiger partial charge in [-0.1, -0.05) is 6.07 Å². The zero-order valence-corrected chi connectivity index (χ0v) is 11.9. The first kappa shape index (κ1) is 13.2. The van der Waals surface area contributed by atoms with E-state index in [1.54, 1.807) is 0 Å². The second-order valence-corrected chi connectivity index (χ2v) is 4.87. The summed E-state index contributed by atoms with van der Waals surface area (Å²) in [5, 5.41) is 0. The molecule has 2 rings (SSSR count). The minimum absolute atomic E-state index is 0.366. The normalized spacial score (nSPS) is 11.4. The highest BCUT2D eigenvalue weighted by molar-refractivity contribution is 6.17. The lowest BCUT2D eigenvalue weighted by Crippen LogP contribution is -2.06. The van der Waals surface area contributed by atoms with Crippen molar-refractivity contribution in [2.75, 3.05) is 12.5 Å². The lowest BCUT2D eigenvalue weighted by Gasteiger charge is -2.12. The maximum Gasteiger partial charge on any atom is 0.147 e. The van der Waals surface area contributed by atoms with Crippen LogP contribution in [0, 0.1) is 0 Å². The van der Waals surface area contributed by atoms with Gasteiger partial charge in [-0.05, 0) is 32.9 Å². The SMILES string of the molecule is CCOc1cccc2c1nc(CCCl)n2C(C)C. The maximum absolute atomic E-state index is 5.86. The van der Waals surface area contributed by atoms with Crippen LogP contribution >= 0.6 is 11.6 Å². The van der Waals surface area contributed by atoms with Crippen molar-refractivity contribution in [1.82, 2.24) is 9.55 Å². The molecule has 1 aromatic heterocycles. The van der Waals surface area contributed by atoms with E-state index < -0.39 is 0 Å². The first-order valence-electron chi connectivity index (χ1n) is 6.37. The Labute approximate surface area is 113 Å². The number of nitrogens with zero attached hydrogens (tertiary/aromatic N) is 2. The van der Waals surface area contributed by atoms with Gasteiger partial charge in [0.25, 0.3) is 0 Å². The Balaban J connectivity index is 2.63. The van der Waals surface area contributed by atoms with E-state index in [4.69, 9.17) is 21.3 Å². The fourth-order valence-electron chi connectivity index (χ4n) is 2.25. The molecule has 0 unspecified atom stereocenters. The molecular formula is C14H19ClN2O. The van der Waals surface area contributed by atoms with Gasteiger partial charge in [0.05, 0.1) is 12.1 Å². The Kier molecular flexibility index (Phi) is 4.12. The first-order valence-corrected chi connectivity index (χ1v) is 6.91. The molecule has 0 N–H and O–H groups in total. The van der Waals surface area contributed by atoms with Gasteiger partial charge in [-0.15, -0.1) is 11.6 Å². The highest BCUT2D eigenvalue weighted by atomic mass is 35.5. The molecule has 0 aliphatic heterocycles. The molecule has 0 fully saturated rings. The van der Waals surface area contributed by atoms with Crippen molar-refractivity contribution in [1.29, 1.82) is 0 Å². The average molecular weight is 267 g/mol. The van der Waals surface area contributed by atoms with Crippen LogP contribution in [-0.2, 0) is 6.42 Å². The van der Waals surface area contributed by atoms with Crippen LogP contribution in [0.25, 0.3) is 11.0 Å². The van der Waals surface area contributed by atoms with Crippen molar-refractivity contribution in [2.24, 2.45) is 0 Å². The highest BCUT2D eigenvalue weighted by Crippen LogP contribution is 2.28. The van der Waals surface area contributed by atoms with Crippen LogP contribution in [0.5, 0.6) is 5.75 Å². The van der Waals surface area contributed by atoms with Crippen LogP contribution in [0.4, 0.5) is 0 Å². The Morgan fingerprint density at radius 2 is 2.17 bits per heavy atom. The van der Waals surface area contributed by atoms with E-state index in [0.717, 1.165) is 29.0 Å². The van der Waals surface area contributed by atoms with Crippen molar-refractivity contribution in [3.63, 3.8) is 0 Å². The summed E-state index contributed by atoms with van der Waals surface area (Å²) in [5.74, 6) is 2.47. The molecule has 0 amide bonds. The lowest BCUT2D eigenvalue weighted by molar-refractivity contribution is 0.343. The fraction of sp³-hybridized carbons (Fsp3) is 0.500. The third-order valence-corrected chi connectivity index (χ3v) is 3.08. The van der Waals surface area contributed by atoms with Gasteiger partial charge in [0.1, 0.15) is 17.1 Å². The lowest BCUT2D eigenvalue weighted by atomic mass is 10.2. The number of aryl methyl sites for hydroxylation is 1. The molecule has 18 heavy (non-hydrogen) atoms. The summed E-state index contributed by atoms with van der Waals surface area (Å²) >= 11 is 5.86. The van der Waals surface area contributed by atoms with Gasteiger partial charge in [0.15, 0.2) is 0 Å². The van der Waals surface area contributed by atoms with Crippen LogP contribution < -0.4 is 4.74 Å². The van der Waals surface area contributed by atoms with Crippen LogP contribution in [0.2, 0.25) is 0 Å². The Hall–Kier alpha value is -1.22. The number of aromatic nitrogens is 2. The standard InChI is InChI=1S/C14H19ClN2O/c1-4-18-12-7-5-6-11-14(12)16-13(8-9-15)17(11)10(2)3/h5-7,10H,4,8-9H2,1-3H3. The van der Waals surface area contributed by atoms with Gasteiger partial charge in [-0.3, -0.25) is 0 Å². The van der Waals surface area contributed by atoms with Crippen LogP contribution in [0.3, 0.4) is 0 Å². The van der Waals surface area contributed by atoms with Crippen molar-refractivity contribution in [3.8, 4) is 5.75 Å². The summed E-state index contributed by atoms with van der Waals surface area (Å²) in [6, 6.07) is 6.43. The quantitative estimate of drug-likeness (QED) is 0.770. The van der Waals surface area contributed by atoms with Crippen LogP contribution in [0.1, 0.15) is 32.6 Å². The second-order valence-electron chi connectivity index (χ2n) is 4.49. The number of rotatable bonds is 5. The van der Waals surface area contributed by atoms with Crippen molar-refractivity contribution < 1.29 is 4.74 Å². The summed E-state index contributed by atoms with van der Waals surface area (Å²) in [6.45, 7) is 6.95. The van der Waals surface area contributed by atoms with E-state index in [1.807, 2.05) is 19.1 Å². The zero-order valence-electron chi connectivity index (χ0n) is 11.1. The molecule has 0 bridgehead atoms. The van der Waals surface area contributed by atoms with Gasteiger partial charge in [0.2, 0.25) is 0 Å². The summed E-state index contributed by atoms with van der Waals surface area (Å²) in [5.41, 5.74) is 2.06. The van der Waals surface area contributed by atoms with Crippen molar-refractivity contribution in [3.05, 3.63) is 24.0 Å². The molecule has 2 aromatic rings. The molecule has 0 spiro atoms. The number of benzene rings is 1. The van der Waals surface area contributed by atoms with E-state index in [1.165, 1.54) is 0 Å². The average Bonchev–Trinajstić information content (AvgIpc) is 2.69. The zero-order chi connectivity index (χ0) is 13.1. The predicted octanol–water partition coefficient (Wildman–Crippen LogP) is 3.80. The number of hydrogen-bond donors (Lipinski definition) is 0. The number of fused-ring (bicyclic) bond motifs is 1. The van der Waals surface area contributed by atoms with Crippen molar-refractivity contribution in [2.45, 2.75) is 33.2 Å². The Bertz CT molecular complexity index is 534. The molecule has 1 aromatic carbocycles. The van der Waals surface area contributed by atoms with Crippen LogP contribution in [-0.4, -0.2) is 22.0 Å². The predicted molar refractivity (Wildman–Crippen MR) is 75.7 cm³/mol. The molecular weight excluding hydrogens is 248 g/mol. The van der Waals surface area contributed by atoms with Gasteiger partial charge in [-0.2, -0.15) is 0 Å². The summed E-state index contributed by atoms with van der Waals surface area (Å²) in [6.07, 6.45) is 0.778. The topological polar surface area (TPSA) is 27.1 Å². The van der Waals surface area contributed by atoms with Gasteiger partial charge < -0.3 is 9.30 Å². The molecule has 0 saturated heterocycles. The summed E-state index contributed by atoms with van der Waals surface area (Å²) in [4.78, 5) is 4.70. The molecule has 3 nitrogen and oxygen atoms in total. The van der Waals surface area contributed by atoms with E-state index in [9.17, 15) is 0 Å². The molecule has 4 heteroatoms. The molecule has 0 saturated carbocycles. The molecule has 98 valence electrons. The second kappa shape index (κ2) is 5.61. The number of para-hydroxylation sites is 1. The van der Waals surface area contributed by atoms with Crippen molar-refractivity contribution >= 4 is 22.6 Å². The number of imidazole rings is 1. The molecule has 0 aliphatic rings. The minimum atomic E-state index is 0.366. The van der Waals surface area contributed by atoms with Gasteiger partial charge in [0, 0.05) is 18.3 Å². The van der Waals surface area contributed by atoms with Crippen LogP contribution in [0.15, 0.2) is 18.2 Å². The molecule has 0 atom stereocenters. The highest BCUT2D eigenvalue weighted by Gasteiger charge is 2.15. The monoisotopic (exact) mass is 266 g/mol. The summed E-state index contributed by atoms with van der Waals surface area (Å²) < 4.78 is 7.87. The van der Waals surface area contributed by atoms with Gasteiger partial charge in [-0.25, -0.2) is 4.98 Å². The van der Waals surface area contributed by atoms with E-state index in [2.05, 4.69) is 24.5 Å². The van der Waals surface area contributed by atoms with Gasteiger partial charge >= 0.3 is 0 Å². The minimum Gasteiger partial charge on any atom is -0.492 e. The third-order valence-electron chi connectivity index (χ3n) is 2.89. The van der Waals surface area contributed by atoms with E-state index >= 15 is 0 Å². The fourth-order valence-corrected chi connectivity index (χ4v) is 2.42.